The molecule has 1 aliphatic rings. The second kappa shape index (κ2) is 6.65. The molecule has 0 saturated heterocycles. The van der Waals surface area contributed by atoms with Gasteiger partial charge < -0.3 is 5.32 Å². The van der Waals surface area contributed by atoms with Crippen LogP contribution in [0.3, 0.4) is 0 Å². The van der Waals surface area contributed by atoms with Crippen LogP contribution in [0, 0.1) is 5.92 Å². The summed E-state index contributed by atoms with van der Waals surface area (Å²) >= 11 is 1.40. The number of rotatable bonds is 5. The minimum atomic E-state index is -4.43. The Labute approximate surface area is 120 Å². The number of aromatic nitrogens is 2. The average Bonchev–Trinajstić information content (AvgIpc) is 2.88. The van der Waals surface area contributed by atoms with Crippen LogP contribution in [-0.2, 0) is 6.18 Å². The Bertz CT molecular complexity index is 445. The minimum absolute atomic E-state index is 0.0521. The summed E-state index contributed by atoms with van der Waals surface area (Å²) in [6.45, 7) is 2.29. The van der Waals surface area contributed by atoms with Crippen LogP contribution in [0.4, 0.5) is 19.1 Å². The SMILES string of the molecule is CCNc1nc(SCC2CCCC2)cc(C(F)(F)F)n1. The molecule has 112 valence electrons. The molecule has 1 N–H and O–H groups in total. The number of anilines is 1. The summed E-state index contributed by atoms with van der Waals surface area (Å²) in [5.41, 5.74) is -0.877. The standard InChI is InChI=1S/C13H18F3N3S/c1-2-17-12-18-10(13(14,15)16)7-11(19-12)20-8-9-5-3-4-6-9/h7,9H,2-6,8H2,1H3,(H,17,18,19). The van der Waals surface area contributed by atoms with Gasteiger partial charge in [0, 0.05) is 18.4 Å². The Morgan fingerprint density at radius 3 is 2.60 bits per heavy atom. The van der Waals surface area contributed by atoms with E-state index in [-0.39, 0.29) is 5.95 Å². The van der Waals surface area contributed by atoms with Crippen molar-refractivity contribution in [2.75, 3.05) is 17.6 Å². The van der Waals surface area contributed by atoms with Crippen molar-refractivity contribution >= 4 is 17.7 Å². The Balaban J connectivity index is 2.11. The van der Waals surface area contributed by atoms with Gasteiger partial charge in [-0.3, -0.25) is 0 Å². The van der Waals surface area contributed by atoms with Crippen molar-refractivity contribution in [3.63, 3.8) is 0 Å². The molecular weight excluding hydrogens is 287 g/mol. The van der Waals surface area contributed by atoms with E-state index in [9.17, 15) is 13.2 Å². The van der Waals surface area contributed by atoms with E-state index in [1.165, 1.54) is 37.4 Å². The molecule has 0 aliphatic heterocycles. The highest BCUT2D eigenvalue weighted by molar-refractivity contribution is 7.99. The van der Waals surface area contributed by atoms with Gasteiger partial charge in [0.25, 0.3) is 0 Å². The second-order valence-electron chi connectivity index (χ2n) is 4.90. The number of thioether (sulfide) groups is 1. The van der Waals surface area contributed by atoms with Crippen molar-refractivity contribution in [3.05, 3.63) is 11.8 Å². The maximum atomic E-state index is 12.8. The molecule has 1 saturated carbocycles. The van der Waals surface area contributed by atoms with Gasteiger partial charge in [0.1, 0.15) is 5.03 Å². The summed E-state index contributed by atoms with van der Waals surface area (Å²) < 4.78 is 38.4. The van der Waals surface area contributed by atoms with Crippen LogP contribution in [0.5, 0.6) is 0 Å². The van der Waals surface area contributed by atoms with E-state index in [1.54, 1.807) is 6.92 Å². The summed E-state index contributed by atoms with van der Waals surface area (Å²) in [5, 5.41) is 3.15. The lowest BCUT2D eigenvalue weighted by Gasteiger charge is -2.12. The van der Waals surface area contributed by atoms with E-state index in [4.69, 9.17) is 0 Å². The molecule has 20 heavy (non-hydrogen) atoms. The van der Waals surface area contributed by atoms with Crippen molar-refractivity contribution in [3.8, 4) is 0 Å². The average molecular weight is 305 g/mol. The highest BCUT2D eigenvalue weighted by Gasteiger charge is 2.33. The molecule has 0 spiro atoms. The molecule has 3 nitrogen and oxygen atoms in total. The molecular formula is C13H18F3N3S. The van der Waals surface area contributed by atoms with Crippen molar-refractivity contribution < 1.29 is 13.2 Å². The van der Waals surface area contributed by atoms with Gasteiger partial charge in [-0.2, -0.15) is 13.2 Å². The first kappa shape index (κ1) is 15.4. The van der Waals surface area contributed by atoms with Gasteiger partial charge in [-0.05, 0) is 25.7 Å². The molecule has 0 amide bonds. The molecule has 0 unspecified atom stereocenters. The van der Waals surface area contributed by atoms with Crippen molar-refractivity contribution in [1.29, 1.82) is 0 Å². The van der Waals surface area contributed by atoms with Crippen molar-refractivity contribution in [1.82, 2.24) is 9.97 Å². The van der Waals surface area contributed by atoms with Crippen LogP contribution in [0.15, 0.2) is 11.1 Å². The zero-order valence-corrected chi connectivity index (χ0v) is 12.2. The fraction of sp³-hybridized carbons (Fsp3) is 0.692. The number of alkyl halides is 3. The summed E-state index contributed by atoms with van der Waals surface area (Å²) in [6.07, 6.45) is 0.362. The number of hydrogen-bond acceptors (Lipinski definition) is 4. The number of nitrogens with zero attached hydrogens (tertiary/aromatic N) is 2. The highest BCUT2D eigenvalue weighted by Crippen LogP contribution is 2.33. The molecule has 1 aliphatic carbocycles. The molecule has 7 heteroatoms. The van der Waals surface area contributed by atoms with E-state index in [0.717, 1.165) is 11.8 Å². The normalized spacial score (nSPS) is 16.6. The fourth-order valence-electron chi connectivity index (χ4n) is 2.26. The summed E-state index contributed by atoms with van der Waals surface area (Å²) in [5.74, 6) is 1.49. The Morgan fingerprint density at radius 1 is 1.30 bits per heavy atom. The van der Waals surface area contributed by atoms with E-state index in [1.807, 2.05) is 0 Å². The van der Waals surface area contributed by atoms with Gasteiger partial charge in [-0.15, -0.1) is 11.8 Å². The monoisotopic (exact) mass is 305 g/mol. The zero-order valence-electron chi connectivity index (χ0n) is 11.3. The lowest BCUT2D eigenvalue weighted by molar-refractivity contribution is -0.141. The molecule has 0 radical (unpaired) electrons. The first-order chi connectivity index (χ1) is 9.49. The van der Waals surface area contributed by atoms with Crippen LogP contribution >= 0.6 is 11.8 Å². The molecule has 1 heterocycles. The molecule has 0 bridgehead atoms. The maximum Gasteiger partial charge on any atom is 0.433 e. The molecule has 1 fully saturated rings. The lowest BCUT2D eigenvalue weighted by atomic mass is 10.1. The van der Waals surface area contributed by atoms with Crippen LogP contribution in [-0.4, -0.2) is 22.3 Å². The molecule has 0 atom stereocenters. The van der Waals surface area contributed by atoms with Gasteiger partial charge in [-0.25, -0.2) is 9.97 Å². The maximum absolute atomic E-state index is 12.8. The second-order valence-corrected chi connectivity index (χ2v) is 5.94. The number of nitrogens with one attached hydrogen (secondary N) is 1. The minimum Gasteiger partial charge on any atom is -0.354 e. The predicted octanol–water partition coefficient (Wildman–Crippen LogP) is 4.21. The van der Waals surface area contributed by atoms with E-state index >= 15 is 0 Å². The smallest absolute Gasteiger partial charge is 0.354 e. The van der Waals surface area contributed by atoms with E-state index < -0.39 is 11.9 Å². The van der Waals surface area contributed by atoms with Gasteiger partial charge in [0.15, 0.2) is 5.69 Å². The van der Waals surface area contributed by atoms with Gasteiger partial charge >= 0.3 is 6.18 Å². The summed E-state index contributed by atoms with van der Waals surface area (Å²) in [7, 11) is 0. The topological polar surface area (TPSA) is 37.8 Å². The zero-order chi connectivity index (χ0) is 14.6. The summed E-state index contributed by atoms with van der Waals surface area (Å²) in [4.78, 5) is 7.65. The van der Waals surface area contributed by atoms with Gasteiger partial charge in [0.05, 0.1) is 0 Å². The third kappa shape index (κ3) is 4.26. The summed E-state index contributed by atoms with van der Waals surface area (Å²) in [6, 6.07) is 1.04. The quantitative estimate of drug-likeness (QED) is 0.653. The van der Waals surface area contributed by atoms with Crippen LogP contribution in [0.2, 0.25) is 0 Å². The lowest BCUT2D eigenvalue weighted by Crippen LogP contribution is -2.12. The molecule has 1 aromatic rings. The van der Waals surface area contributed by atoms with Crippen LogP contribution in [0.1, 0.15) is 38.3 Å². The van der Waals surface area contributed by atoms with Gasteiger partial charge in [0.2, 0.25) is 5.95 Å². The Kier molecular flexibility index (Phi) is 5.12. The first-order valence-electron chi connectivity index (χ1n) is 6.82. The van der Waals surface area contributed by atoms with Gasteiger partial charge in [-0.1, -0.05) is 12.8 Å². The third-order valence-electron chi connectivity index (χ3n) is 3.27. The fourth-order valence-corrected chi connectivity index (χ4v) is 3.35. The largest absolute Gasteiger partial charge is 0.433 e. The number of halogens is 3. The molecule has 0 aromatic carbocycles. The molecule has 1 aromatic heterocycles. The van der Waals surface area contributed by atoms with E-state index in [2.05, 4.69) is 15.3 Å². The van der Waals surface area contributed by atoms with Crippen LogP contribution < -0.4 is 5.32 Å². The van der Waals surface area contributed by atoms with Crippen LogP contribution in [0.25, 0.3) is 0 Å². The van der Waals surface area contributed by atoms with Crippen molar-refractivity contribution in [2.45, 2.75) is 43.8 Å². The van der Waals surface area contributed by atoms with E-state index in [0.29, 0.717) is 17.5 Å². The first-order valence-corrected chi connectivity index (χ1v) is 7.80. The predicted molar refractivity (Wildman–Crippen MR) is 73.9 cm³/mol. The third-order valence-corrected chi connectivity index (χ3v) is 4.41. The van der Waals surface area contributed by atoms with Crippen molar-refractivity contribution in [2.24, 2.45) is 5.92 Å². The highest BCUT2D eigenvalue weighted by atomic mass is 32.2. The Morgan fingerprint density at radius 2 is 2.00 bits per heavy atom. The number of hydrogen-bond donors (Lipinski definition) is 1. The Hall–Kier alpha value is -0.980. The molecule has 2 rings (SSSR count).